The molecule has 4 heteroatoms. The Balaban J connectivity index is 2.21. The summed E-state index contributed by atoms with van der Waals surface area (Å²) >= 11 is 6.07. The minimum atomic E-state index is 0.383. The number of hydrogen-bond acceptors (Lipinski definition) is 2. The van der Waals surface area contributed by atoms with Crippen molar-refractivity contribution in [3.05, 3.63) is 70.4 Å². The Labute approximate surface area is 134 Å². The van der Waals surface area contributed by atoms with E-state index >= 15 is 0 Å². The molecule has 0 fully saturated rings. The molecular formula is C18H14ClN3. The van der Waals surface area contributed by atoms with Gasteiger partial charge in [-0.25, -0.2) is 4.68 Å². The van der Waals surface area contributed by atoms with Gasteiger partial charge >= 0.3 is 0 Å². The lowest BCUT2D eigenvalue weighted by atomic mass is 10.0. The highest BCUT2D eigenvalue weighted by molar-refractivity contribution is 6.30. The maximum Gasteiger partial charge on any atom is 0.163 e. The fourth-order valence-electron chi connectivity index (χ4n) is 2.35. The third-order valence-electron chi connectivity index (χ3n) is 3.68. The third-order valence-corrected chi connectivity index (χ3v) is 3.91. The van der Waals surface area contributed by atoms with Crippen molar-refractivity contribution in [3.63, 3.8) is 0 Å². The number of aromatic nitrogens is 2. The van der Waals surface area contributed by atoms with Crippen LogP contribution in [0, 0.1) is 25.2 Å². The van der Waals surface area contributed by atoms with Crippen LogP contribution in [0.3, 0.4) is 0 Å². The van der Waals surface area contributed by atoms with Crippen molar-refractivity contribution < 1.29 is 0 Å². The topological polar surface area (TPSA) is 41.6 Å². The summed E-state index contributed by atoms with van der Waals surface area (Å²) in [6.45, 7) is 4.15. The molecule has 3 aromatic rings. The van der Waals surface area contributed by atoms with Crippen molar-refractivity contribution in [1.82, 2.24) is 9.78 Å². The molecule has 108 valence electrons. The fraction of sp³-hybridized carbons (Fsp3) is 0.111. The van der Waals surface area contributed by atoms with Crippen LogP contribution in [-0.2, 0) is 0 Å². The highest BCUT2D eigenvalue weighted by Gasteiger charge is 2.12. The van der Waals surface area contributed by atoms with E-state index in [9.17, 15) is 5.26 Å². The van der Waals surface area contributed by atoms with Crippen molar-refractivity contribution in [1.29, 1.82) is 5.26 Å². The zero-order valence-corrected chi connectivity index (χ0v) is 13.1. The van der Waals surface area contributed by atoms with Gasteiger partial charge < -0.3 is 0 Å². The second-order valence-corrected chi connectivity index (χ2v) is 5.65. The van der Waals surface area contributed by atoms with Crippen LogP contribution in [0.1, 0.15) is 16.8 Å². The number of rotatable bonds is 2. The van der Waals surface area contributed by atoms with Crippen molar-refractivity contribution >= 4 is 11.6 Å². The van der Waals surface area contributed by atoms with Gasteiger partial charge in [-0.2, -0.15) is 10.4 Å². The van der Waals surface area contributed by atoms with Gasteiger partial charge in [0.15, 0.2) is 5.69 Å². The van der Waals surface area contributed by atoms with Crippen LogP contribution in [0.2, 0.25) is 5.02 Å². The number of nitrogens with zero attached hydrogens (tertiary/aromatic N) is 3. The molecule has 0 N–H and O–H groups in total. The normalized spacial score (nSPS) is 10.5. The summed E-state index contributed by atoms with van der Waals surface area (Å²) in [4.78, 5) is 0. The Hall–Kier alpha value is -2.57. The monoisotopic (exact) mass is 307 g/mol. The molecule has 0 saturated heterocycles. The summed E-state index contributed by atoms with van der Waals surface area (Å²) < 4.78 is 1.76. The van der Waals surface area contributed by atoms with E-state index in [1.54, 1.807) is 10.7 Å². The average molecular weight is 308 g/mol. The summed E-state index contributed by atoms with van der Waals surface area (Å²) in [6.07, 6.45) is 0. The molecule has 0 bridgehead atoms. The van der Waals surface area contributed by atoms with Crippen LogP contribution in [0.25, 0.3) is 16.9 Å². The molecular weight excluding hydrogens is 294 g/mol. The fourth-order valence-corrected chi connectivity index (χ4v) is 2.53. The van der Waals surface area contributed by atoms with Crippen LogP contribution >= 0.6 is 11.6 Å². The van der Waals surface area contributed by atoms with Gasteiger partial charge in [-0.05, 0) is 49.2 Å². The summed E-state index contributed by atoms with van der Waals surface area (Å²) in [5.41, 5.74) is 5.56. The Morgan fingerprint density at radius 3 is 2.55 bits per heavy atom. The molecule has 3 rings (SSSR count). The molecule has 0 spiro atoms. The van der Waals surface area contributed by atoms with Crippen molar-refractivity contribution in [3.8, 4) is 23.0 Å². The standard InChI is InChI=1S/C18H14ClN3/c1-12-6-7-14(8-13(12)2)18-10-16(11-20)21-22(18)17-5-3-4-15(19)9-17/h3-10H,1-2H3. The van der Waals surface area contributed by atoms with E-state index in [1.165, 1.54) is 11.1 Å². The summed E-state index contributed by atoms with van der Waals surface area (Å²) in [5, 5.41) is 14.2. The van der Waals surface area contributed by atoms with E-state index < -0.39 is 0 Å². The van der Waals surface area contributed by atoms with E-state index in [1.807, 2.05) is 30.3 Å². The number of halogens is 1. The first-order valence-electron chi connectivity index (χ1n) is 6.92. The molecule has 0 saturated carbocycles. The van der Waals surface area contributed by atoms with E-state index in [0.717, 1.165) is 16.9 Å². The van der Waals surface area contributed by atoms with Crippen LogP contribution in [0.4, 0.5) is 0 Å². The molecule has 0 unspecified atom stereocenters. The molecule has 0 aliphatic carbocycles. The molecule has 22 heavy (non-hydrogen) atoms. The van der Waals surface area contributed by atoms with E-state index in [0.29, 0.717) is 10.7 Å². The molecule has 0 amide bonds. The number of nitriles is 1. The molecule has 1 aromatic heterocycles. The molecule has 0 aliphatic rings. The molecule has 2 aromatic carbocycles. The van der Waals surface area contributed by atoms with Gasteiger partial charge in [0.25, 0.3) is 0 Å². The van der Waals surface area contributed by atoms with Gasteiger partial charge in [-0.15, -0.1) is 0 Å². The zero-order valence-electron chi connectivity index (χ0n) is 12.3. The van der Waals surface area contributed by atoms with Crippen LogP contribution in [0.15, 0.2) is 48.5 Å². The van der Waals surface area contributed by atoms with Crippen molar-refractivity contribution in [2.75, 3.05) is 0 Å². The Kier molecular flexibility index (Phi) is 3.70. The Morgan fingerprint density at radius 2 is 1.86 bits per heavy atom. The highest BCUT2D eigenvalue weighted by atomic mass is 35.5. The van der Waals surface area contributed by atoms with E-state index in [2.05, 4.69) is 37.1 Å². The predicted molar refractivity (Wildman–Crippen MR) is 88.2 cm³/mol. The molecule has 3 nitrogen and oxygen atoms in total. The summed E-state index contributed by atoms with van der Waals surface area (Å²) in [7, 11) is 0. The summed E-state index contributed by atoms with van der Waals surface area (Å²) in [5.74, 6) is 0. The first kappa shape index (κ1) is 14.4. The van der Waals surface area contributed by atoms with E-state index in [4.69, 9.17) is 11.6 Å². The van der Waals surface area contributed by atoms with Crippen molar-refractivity contribution in [2.24, 2.45) is 0 Å². The molecule has 0 atom stereocenters. The number of hydrogen-bond donors (Lipinski definition) is 0. The van der Waals surface area contributed by atoms with Gasteiger partial charge in [0.1, 0.15) is 6.07 Å². The van der Waals surface area contributed by atoms with Crippen LogP contribution in [-0.4, -0.2) is 9.78 Å². The van der Waals surface area contributed by atoms with Gasteiger partial charge in [-0.1, -0.05) is 29.8 Å². The van der Waals surface area contributed by atoms with Gasteiger partial charge in [0.05, 0.1) is 11.4 Å². The smallest absolute Gasteiger partial charge is 0.163 e. The average Bonchev–Trinajstić information content (AvgIpc) is 2.94. The maximum absolute atomic E-state index is 9.17. The first-order chi connectivity index (χ1) is 10.6. The molecule has 1 heterocycles. The number of benzene rings is 2. The van der Waals surface area contributed by atoms with Gasteiger partial charge in [0.2, 0.25) is 0 Å². The quantitative estimate of drug-likeness (QED) is 0.689. The summed E-state index contributed by atoms with van der Waals surface area (Å²) in [6, 6.07) is 17.6. The minimum absolute atomic E-state index is 0.383. The van der Waals surface area contributed by atoms with Gasteiger partial charge in [-0.3, -0.25) is 0 Å². The van der Waals surface area contributed by atoms with Crippen LogP contribution < -0.4 is 0 Å². The largest absolute Gasteiger partial charge is 0.232 e. The van der Waals surface area contributed by atoms with Crippen molar-refractivity contribution in [2.45, 2.75) is 13.8 Å². The lowest BCUT2D eigenvalue weighted by Gasteiger charge is -2.09. The third kappa shape index (κ3) is 2.61. The Bertz CT molecular complexity index is 888. The SMILES string of the molecule is Cc1ccc(-c2cc(C#N)nn2-c2cccc(Cl)c2)cc1C. The maximum atomic E-state index is 9.17. The van der Waals surface area contributed by atoms with Crippen LogP contribution in [0.5, 0.6) is 0 Å². The second kappa shape index (κ2) is 5.67. The zero-order chi connectivity index (χ0) is 15.7. The Morgan fingerprint density at radius 1 is 1.05 bits per heavy atom. The predicted octanol–water partition coefficient (Wildman–Crippen LogP) is 4.68. The second-order valence-electron chi connectivity index (χ2n) is 5.22. The lowest BCUT2D eigenvalue weighted by molar-refractivity contribution is 0.880. The van der Waals surface area contributed by atoms with E-state index in [-0.39, 0.29) is 0 Å². The minimum Gasteiger partial charge on any atom is -0.232 e. The lowest BCUT2D eigenvalue weighted by Crippen LogP contribution is -1.99. The molecule has 0 radical (unpaired) electrons. The first-order valence-corrected chi connectivity index (χ1v) is 7.30. The highest BCUT2D eigenvalue weighted by Crippen LogP contribution is 2.26. The molecule has 0 aliphatic heterocycles. The van der Waals surface area contributed by atoms with Gasteiger partial charge in [0, 0.05) is 16.7 Å². The number of aryl methyl sites for hydroxylation is 2.